The molecule has 0 radical (unpaired) electrons. The number of halogens is 2. The molecular formula is C24H28F2N2O4. The van der Waals surface area contributed by atoms with Crippen LogP contribution in [-0.4, -0.2) is 36.9 Å². The smallest absolute Gasteiger partial charge is 0.267 e. The SMILES string of the molecule is CC/C=C\C(COc1ccc2oc(C)c(C(=O)NC3CCNC3=O)c2c1)=C(/C)C(C)(F)F. The van der Waals surface area contributed by atoms with E-state index in [1.165, 1.54) is 6.92 Å². The standard InChI is InChI=1S/C24H28F2N2O4/c1-5-6-7-16(14(2)24(4,25)26)13-31-17-8-9-20-18(12-17)21(15(3)32-20)23(30)28-19-10-11-27-22(19)29/h6-9,12,19H,5,10-11,13H2,1-4H3,(H,27,29)(H,28,30)/b7-6-,16-14-. The van der Waals surface area contributed by atoms with E-state index in [1.807, 2.05) is 6.92 Å². The highest BCUT2D eigenvalue weighted by Gasteiger charge is 2.29. The summed E-state index contributed by atoms with van der Waals surface area (Å²) in [6, 6.07) is 4.40. The molecular weight excluding hydrogens is 418 g/mol. The van der Waals surface area contributed by atoms with Gasteiger partial charge in [0.1, 0.15) is 29.7 Å². The number of fused-ring (bicyclic) bond motifs is 1. The summed E-state index contributed by atoms with van der Waals surface area (Å²) < 4.78 is 39.2. The average Bonchev–Trinajstić information content (AvgIpc) is 3.28. The third kappa shape index (κ3) is 5.18. The Morgan fingerprint density at radius 1 is 1.41 bits per heavy atom. The number of rotatable bonds is 8. The van der Waals surface area contributed by atoms with Crippen LogP contribution in [0.4, 0.5) is 8.78 Å². The zero-order valence-corrected chi connectivity index (χ0v) is 18.7. The fourth-order valence-electron chi connectivity index (χ4n) is 3.52. The van der Waals surface area contributed by atoms with Crippen LogP contribution in [0.1, 0.15) is 49.7 Å². The first-order valence-electron chi connectivity index (χ1n) is 10.6. The van der Waals surface area contributed by atoms with Gasteiger partial charge in [-0.2, -0.15) is 0 Å². The molecule has 0 spiro atoms. The van der Waals surface area contributed by atoms with Crippen molar-refractivity contribution in [2.24, 2.45) is 0 Å². The molecule has 1 saturated heterocycles. The lowest BCUT2D eigenvalue weighted by Crippen LogP contribution is -2.40. The molecule has 172 valence electrons. The van der Waals surface area contributed by atoms with E-state index in [9.17, 15) is 18.4 Å². The Bertz CT molecular complexity index is 1080. The summed E-state index contributed by atoms with van der Waals surface area (Å²) >= 11 is 0. The number of hydrogen-bond acceptors (Lipinski definition) is 4. The maximum atomic E-state index is 13.8. The normalized spacial score (nSPS) is 17.6. The fraction of sp³-hybridized carbons (Fsp3) is 0.417. The highest BCUT2D eigenvalue weighted by atomic mass is 19.3. The first-order valence-corrected chi connectivity index (χ1v) is 10.6. The Morgan fingerprint density at radius 3 is 2.78 bits per heavy atom. The van der Waals surface area contributed by atoms with Crippen LogP contribution in [0, 0.1) is 6.92 Å². The van der Waals surface area contributed by atoms with Crippen LogP contribution in [0.2, 0.25) is 0 Å². The number of ether oxygens (including phenoxy) is 1. The van der Waals surface area contributed by atoms with Crippen LogP contribution < -0.4 is 15.4 Å². The number of benzene rings is 1. The van der Waals surface area contributed by atoms with Crippen molar-refractivity contribution in [3.63, 3.8) is 0 Å². The van der Waals surface area contributed by atoms with Crippen molar-refractivity contribution in [3.8, 4) is 5.75 Å². The zero-order valence-electron chi connectivity index (χ0n) is 18.7. The number of amides is 2. The summed E-state index contributed by atoms with van der Waals surface area (Å²) in [4.78, 5) is 24.6. The van der Waals surface area contributed by atoms with Gasteiger partial charge in [-0.05, 0) is 50.5 Å². The number of aryl methyl sites for hydroxylation is 1. The molecule has 0 saturated carbocycles. The summed E-state index contributed by atoms with van der Waals surface area (Å²) in [5, 5.41) is 5.95. The molecule has 0 aliphatic carbocycles. The van der Waals surface area contributed by atoms with Gasteiger partial charge >= 0.3 is 0 Å². The fourth-order valence-corrected chi connectivity index (χ4v) is 3.52. The largest absolute Gasteiger partial charge is 0.489 e. The Morgan fingerprint density at radius 2 is 2.16 bits per heavy atom. The molecule has 2 heterocycles. The lowest BCUT2D eigenvalue weighted by atomic mass is 10.0. The van der Waals surface area contributed by atoms with Gasteiger partial charge in [0.05, 0.1) is 5.56 Å². The summed E-state index contributed by atoms with van der Waals surface area (Å²) in [6.07, 6.45) is 4.69. The Hall–Kier alpha value is -3.16. The van der Waals surface area contributed by atoms with Gasteiger partial charge in [0, 0.05) is 24.4 Å². The summed E-state index contributed by atoms with van der Waals surface area (Å²) in [6.45, 7) is 6.32. The lowest BCUT2D eigenvalue weighted by molar-refractivity contribution is -0.120. The maximum Gasteiger partial charge on any atom is 0.267 e. The third-order valence-electron chi connectivity index (χ3n) is 5.51. The molecule has 2 aromatic rings. The molecule has 1 aliphatic heterocycles. The van der Waals surface area contributed by atoms with E-state index in [1.54, 1.807) is 37.3 Å². The molecule has 1 fully saturated rings. The van der Waals surface area contributed by atoms with Gasteiger partial charge in [-0.3, -0.25) is 9.59 Å². The molecule has 32 heavy (non-hydrogen) atoms. The minimum Gasteiger partial charge on any atom is -0.489 e. The van der Waals surface area contributed by atoms with E-state index in [0.717, 1.165) is 6.92 Å². The highest BCUT2D eigenvalue weighted by Crippen LogP contribution is 2.31. The summed E-state index contributed by atoms with van der Waals surface area (Å²) in [7, 11) is 0. The van der Waals surface area contributed by atoms with E-state index < -0.39 is 17.9 Å². The van der Waals surface area contributed by atoms with Crippen molar-refractivity contribution in [1.82, 2.24) is 10.6 Å². The van der Waals surface area contributed by atoms with Gasteiger partial charge in [0.2, 0.25) is 5.91 Å². The minimum atomic E-state index is -2.96. The second-order valence-electron chi connectivity index (χ2n) is 7.93. The molecule has 6 nitrogen and oxygen atoms in total. The Labute approximate surface area is 185 Å². The minimum absolute atomic E-state index is 0.0438. The molecule has 2 N–H and O–H groups in total. The van der Waals surface area contributed by atoms with Crippen molar-refractivity contribution in [2.75, 3.05) is 13.2 Å². The van der Waals surface area contributed by atoms with Crippen LogP contribution in [-0.2, 0) is 4.79 Å². The van der Waals surface area contributed by atoms with E-state index in [4.69, 9.17) is 9.15 Å². The topological polar surface area (TPSA) is 80.6 Å². The number of nitrogens with one attached hydrogen (secondary N) is 2. The predicted molar refractivity (Wildman–Crippen MR) is 118 cm³/mol. The number of allylic oxidation sites excluding steroid dienone is 2. The van der Waals surface area contributed by atoms with Crippen LogP contribution >= 0.6 is 0 Å². The zero-order chi connectivity index (χ0) is 23.5. The second-order valence-corrected chi connectivity index (χ2v) is 7.93. The Balaban J connectivity index is 1.86. The maximum absolute atomic E-state index is 13.8. The third-order valence-corrected chi connectivity index (χ3v) is 5.51. The molecule has 1 unspecified atom stereocenters. The monoisotopic (exact) mass is 446 g/mol. The number of hydrogen-bond donors (Lipinski definition) is 2. The van der Waals surface area contributed by atoms with Gasteiger partial charge in [-0.15, -0.1) is 0 Å². The van der Waals surface area contributed by atoms with Crippen molar-refractivity contribution in [3.05, 3.63) is 52.8 Å². The van der Waals surface area contributed by atoms with Crippen LogP contribution in [0.3, 0.4) is 0 Å². The van der Waals surface area contributed by atoms with Gasteiger partial charge in [0.15, 0.2) is 0 Å². The number of carbonyl (C=O) groups excluding carboxylic acids is 2. The second kappa shape index (κ2) is 9.54. The molecule has 2 amide bonds. The number of carbonyl (C=O) groups is 2. The van der Waals surface area contributed by atoms with Gasteiger partial charge < -0.3 is 19.8 Å². The van der Waals surface area contributed by atoms with Gasteiger partial charge in [-0.25, -0.2) is 8.78 Å². The van der Waals surface area contributed by atoms with Crippen LogP contribution in [0.5, 0.6) is 5.75 Å². The molecule has 8 heteroatoms. The van der Waals surface area contributed by atoms with E-state index in [-0.39, 0.29) is 18.1 Å². The summed E-state index contributed by atoms with van der Waals surface area (Å²) in [5.41, 5.74) is 1.15. The molecule has 1 aromatic heterocycles. The quantitative estimate of drug-likeness (QED) is 0.577. The summed E-state index contributed by atoms with van der Waals surface area (Å²) in [5.74, 6) is -2.74. The molecule has 1 aliphatic rings. The Kier molecular flexibility index (Phi) is 7.01. The predicted octanol–water partition coefficient (Wildman–Crippen LogP) is 4.68. The van der Waals surface area contributed by atoms with Crippen molar-refractivity contribution in [1.29, 1.82) is 0 Å². The van der Waals surface area contributed by atoms with Crippen LogP contribution in [0.25, 0.3) is 11.0 Å². The highest BCUT2D eigenvalue weighted by molar-refractivity contribution is 6.08. The molecule has 0 bridgehead atoms. The molecule has 3 rings (SSSR count). The number of furan rings is 1. The van der Waals surface area contributed by atoms with Crippen molar-refractivity contribution in [2.45, 2.75) is 52.5 Å². The van der Waals surface area contributed by atoms with Crippen molar-refractivity contribution >= 4 is 22.8 Å². The van der Waals surface area contributed by atoms with E-state index in [2.05, 4.69) is 10.6 Å². The molecule has 1 atom stereocenters. The first-order chi connectivity index (χ1) is 15.1. The van der Waals surface area contributed by atoms with Gasteiger partial charge in [-0.1, -0.05) is 19.1 Å². The van der Waals surface area contributed by atoms with Gasteiger partial charge in [0.25, 0.3) is 11.8 Å². The average molecular weight is 446 g/mol. The first kappa shape index (κ1) is 23.5. The van der Waals surface area contributed by atoms with E-state index >= 15 is 0 Å². The van der Waals surface area contributed by atoms with Crippen LogP contribution in [0.15, 0.2) is 45.9 Å². The number of alkyl halides is 2. The van der Waals surface area contributed by atoms with Crippen molar-refractivity contribution < 1.29 is 27.5 Å². The molecule has 1 aromatic carbocycles. The lowest BCUT2D eigenvalue weighted by Gasteiger charge is -2.16. The van der Waals surface area contributed by atoms with E-state index in [0.29, 0.717) is 53.0 Å².